The summed E-state index contributed by atoms with van der Waals surface area (Å²) in [7, 11) is 0. The molecule has 3 rings (SSSR count). The van der Waals surface area contributed by atoms with Crippen molar-refractivity contribution in [2.24, 2.45) is 0 Å². The van der Waals surface area contributed by atoms with Crippen LogP contribution < -0.4 is 16.0 Å². The molecule has 2 aliphatic rings. The number of hydrogen-bond donors (Lipinski definition) is 3. The van der Waals surface area contributed by atoms with Crippen LogP contribution in [0.5, 0.6) is 0 Å². The van der Waals surface area contributed by atoms with Crippen LogP contribution in [0, 0.1) is 5.41 Å². The van der Waals surface area contributed by atoms with E-state index in [2.05, 4.69) is 20.5 Å². The first-order valence-electron chi connectivity index (χ1n) is 6.84. The fourth-order valence-electron chi connectivity index (χ4n) is 2.71. The van der Waals surface area contributed by atoms with Gasteiger partial charge >= 0.3 is 0 Å². The van der Waals surface area contributed by atoms with Gasteiger partial charge < -0.3 is 21.4 Å². The zero-order valence-corrected chi connectivity index (χ0v) is 13.1. The molecule has 0 radical (unpaired) electrons. The molecule has 1 saturated heterocycles. The van der Waals surface area contributed by atoms with E-state index in [0.29, 0.717) is 16.2 Å². The van der Waals surface area contributed by atoms with Crippen molar-refractivity contribution in [1.82, 2.24) is 10.2 Å². The largest absolute Gasteiger partial charge is 0.398 e. The average molecular weight is 324 g/mol. The standard InChI is InChI=1S/C14H18ClN5S/c15-10-7-12(17)11(9-16)13(8-10)19-2-4-20(5-3-19)14-18-1-6-21-14/h1,6-9,14,16,18H,2-5,17H2. The molecule has 2 aliphatic heterocycles. The maximum atomic E-state index is 7.58. The third kappa shape index (κ3) is 2.97. The van der Waals surface area contributed by atoms with Gasteiger partial charge in [0.2, 0.25) is 0 Å². The van der Waals surface area contributed by atoms with Crippen LogP contribution in [-0.2, 0) is 0 Å². The molecule has 5 nitrogen and oxygen atoms in total. The van der Waals surface area contributed by atoms with Gasteiger partial charge in [0.05, 0.1) is 0 Å². The highest BCUT2D eigenvalue weighted by atomic mass is 35.5. The van der Waals surface area contributed by atoms with Crippen molar-refractivity contribution in [2.45, 2.75) is 5.50 Å². The van der Waals surface area contributed by atoms with Gasteiger partial charge in [-0.1, -0.05) is 23.4 Å². The van der Waals surface area contributed by atoms with E-state index in [0.717, 1.165) is 37.4 Å². The number of nitrogen functional groups attached to an aromatic ring is 1. The number of piperazine rings is 1. The van der Waals surface area contributed by atoms with Crippen LogP contribution in [-0.4, -0.2) is 42.8 Å². The first-order chi connectivity index (χ1) is 10.2. The first kappa shape index (κ1) is 14.6. The van der Waals surface area contributed by atoms with Gasteiger partial charge in [0, 0.05) is 60.6 Å². The van der Waals surface area contributed by atoms with Crippen molar-refractivity contribution < 1.29 is 0 Å². The van der Waals surface area contributed by atoms with Gasteiger partial charge in [0.1, 0.15) is 5.50 Å². The number of benzene rings is 1. The van der Waals surface area contributed by atoms with Crippen LogP contribution in [0.4, 0.5) is 11.4 Å². The normalized spacial score (nSPS) is 22.3. The second kappa shape index (κ2) is 6.17. The Bertz CT molecular complexity index is 561. The molecular weight excluding hydrogens is 306 g/mol. The Balaban J connectivity index is 1.73. The number of nitrogens with two attached hydrogens (primary N) is 1. The third-order valence-corrected chi connectivity index (χ3v) is 5.00. The predicted molar refractivity (Wildman–Crippen MR) is 91.2 cm³/mol. The maximum Gasteiger partial charge on any atom is 0.132 e. The zero-order valence-electron chi connectivity index (χ0n) is 11.6. The minimum Gasteiger partial charge on any atom is -0.398 e. The van der Waals surface area contributed by atoms with Gasteiger partial charge in [-0.3, -0.25) is 4.90 Å². The summed E-state index contributed by atoms with van der Waals surface area (Å²) in [4.78, 5) is 4.67. The molecule has 7 heteroatoms. The minimum atomic E-state index is 0.346. The van der Waals surface area contributed by atoms with Gasteiger partial charge in [0.15, 0.2) is 0 Å². The minimum absolute atomic E-state index is 0.346. The lowest BCUT2D eigenvalue weighted by molar-refractivity contribution is 0.229. The Morgan fingerprint density at radius 1 is 1.33 bits per heavy atom. The molecule has 4 N–H and O–H groups in total. The lowest BCUT2D eigenvalue weighted by Crippen LogP contribution is -2.52. The van der Waals surface area contributed by atoms with Crippen LogP contribution in [0.3, 0.4) is 0 Å². The lowest BCUT2D eigenvalue weighted by atomic mass is 10.1. The van der Waals surface area contributed by atoms with E-state index in [1.165, 1.54) is 6.21 Å². The third-order valence-electron chi connectivity index (χ3n) is 3.80. The molecule has 0 aromatic heterocycles. The molecule has 2 heterocycles. The van der Waals surface area contributed by atoms with E-state index in [1.54, 1.807) is 17.8 Å². The van der Waals surface area contributed by atoms with Gasteiger partial charge in [-0.25, -0.2) is 0 Å². The van der Waals surface area contributed by atoms with E-state index in [-0.39, 0.29) is 0 Å². The van der Waals surface area contributed by atoms with Crippen LogP contribution >= 0.6 is 23.4 Å². The van der Waals surface area contributed by atoms with Crippen molar-refractivity contribution >= 4 is 41.0 Å². The number of rotatable bonds is 3. The molecule has 1 fully saturated rings. The number of nitrogens with zero attached hydrogens (tertiary/aromatic N) is 2. The summed E-state index contributed by atoms with van der Waals surface area (Å²) in [5, 5.41) is 13.6. The monoisotopic (exact) mass is 323 g/mol. The van der Waals surface area contributed by atoms with Crippen molar-refractivity contribution in [3.05, 3.63) is 34.3 Å². The average Bonchev–Trinajstić information content (AvgIpc) is 3.01. The molecule has 0 bridgehead atoms. The number of halogens is 1. The van der Waals surface area contributed by atoms with Crippen molar-refractivity contribution in [3.63, 3.8) is 0 Å². The van der Waals surface area contributed by atoms with Crippen LogP contribution in [0.15, 0.2) is 23.7 Å². The van der Waals surface area contributed by atoms with Crippen molar-refractivity contribution in [2.75, 3.05) is 36.8 Å². The molecular formula is C14H18ClN5S. The second-order valence-electron chi connectivity index (χ2n) is 5.05. The predicted octanol–water partition coefficient (Wildman–Crippen LogP) is 2.13. The van der Waals surface area contributed by atoms with Crippen molar-refractivity contribution in [1.29, 1.82) is 5.41 Å². The summed E-state index contributed by atoms with van der Waals surface area (Å²) in [6, 6.07) is 3.60. The Kier molecular flexibility index (Phi) is 4.28. The van der Waals surface area contributed by atoms with Crippen LogP contribution in [0.1, 0.15) is 5.56 Å². The van der Waals surface area contributed by atoms with Crippen LogP contribution in [0.2, 0.25) is 5.02 Å². The van der Waals surface area contributed by atoms with E-state index in [9.17, 15) is 0 Å². The number of anilines is 2. The van der Waals surface area contributed by atoms with Gasteiger partial charge in [0.25, 0.3) is 0 Å². The fourth-order valence-corrected chi connectivity index (χ4v) is 3.77. The lowest BCUT2D eigenvalue weighted by Gasteiger charge is -2.39. The summed E-state index contributed by atoms with van der Waals surface area (Å²) in [5.41, 5.74) is 8.59. The first-order valence-corrected chi connectivity index (χ1v) is 8.16. The summed E-state index contributed by atoms with van der Waals surface area (Å²) in [6.45, 7) is 3.74. The van der Waals surface area contributed by atoms with E-state index < -0.39 is 0 Å². The second-order valence-corrected chi connectivity index (χ2v) is 6.48. The topological polar surface area (TPSA) is 68.4 Å². The smallest absolute Gasteiger partial charge is 0.132 e. The zero-order chi connectivity index (χ0) is 14.8. The molecule has 1 atom stereocenters. The van der Waals surface area contributed by atoms with Gasteiger partial charge in [-0.15, -0.1) is 0 Å². The summed E-state index contributed by atoms with van der Waals surface area (Å²) < 4.78 is 0. The summed E-state index contributed by atoms with van der Waals surface area (Å²) >= 11 is 7.91. The number of thioether (sulfide) groups is 1. The molecule has 112 valence electrons. The maximum absolute atomic E-state index is 7.58. The Hall–Kier alpha value is -1.37. The fraction of sp³-hybridized carbons (Fsp3) is 0.357. The highest BCUT2D eigenvalue weighted by Gasteiger charge is 2.25. The molecule has 1 aromatic carbocycles. The summed E-state index contributed by atoms with van der Waals surface area (Å²) in [6.07, 6.45) is 3.30. The Labute approximate surface area is 133 Å². The molecule has 0 amide bonds. The quantitative estimate of drug-likeness (QED) is 0.587. The van der Waals surface area contributed by atoms with E-state index in [4.69, 9.17) is 22.7 Å². The van der Waals surface area contributed by atoms with Crippen LogP contribution in [0.25, 0.3) is 0 Å². The molecule has 0 saturated carbocycles. The molecule has 1 unspecified atom stereocenters. The Morgan fingerprint density at radius 2 is 2.10 bits per heavy atom. The van der Waals surface area contributed by atoms with Gasteiger partial charge in [-0.05, 0) is 17.5 Å². The molecule has 0 spiro atoms. The highest BCUT2D eigenvalue weighted by Crippen LogP contribution is 2.30. The van der Waals surface area contributed by atoms with Crippen molar-refractivity contribution in [3.8, 4) is 0 Å². The molecule has 21 heavy (non-hydrogen) atoms. The van der Waals surface area contributed by atoms with E-state index in [1.807, 2.05) is 12.3 Å². The van der Waals surface area contributed by atoms with E-state index >= 15 is 0 Å². The highest BCUT2D eigenvalue weighted by molar-refractivity contribution is 8.02. The number of nitrogens with one attached hydrogen (secondary N) is 2. The van der Waals surface area contributed by atoms with Gasteiger partial charge in [-0.2, -0.15) is 0 Å². The number of hydrogen-bond acceptors (Lipinski definition) is 6. The Morgan fingerprint density at radius 3 is 2.71 bits per heavy atom. The molecule has 1 aromatic rings. The molecule has 0 aliphatic carbocycles. The summed E-state index contributed by atoms with van der Waals surface area (Å²) in [5.74, 6) is 0. The SMILES string of the molecule is N=Cc1c(N)cc(Cl)cc1N1CCN(C2NC=CS2)CC1.